The molecule has 2 aromatic carbocycles. The van der Waals surface area contributed by atoms with Gasteiger partial charge in [-0.3, -0.25) is 10.1 Å². The molecule has 1 amide bonds. The molecule has 120 valence electrons. The summed E-state index contributed by atoms with van der Waals surface area (Å²) < 4.78 is 5.73. The van der Waals surface area contributed by atoms with Crippen LogP contribution in [0.15, 0.2) is 54.6 Å². The van der Waals surface area contributed by atoms with Crippen molar-refractivity contribution < 1.29 is 9.53 Å². The van der Waals surface area contributed by atoms with Gasteiger partial charge < -0.3 is 4.74 Å². The molecular formula is C19H16N2O2S. The van der Waals surface area contributed by atoms with Gasteiger partial charge in [-0.1, -0.05) is 59.9 Å². The Kier molecular flexibility index (Phi) is 3.78. The number of aryl methyl sites for hydroxylation is 1. The zero-order valence-electron chi connectivity index (χ0n) is 13.2. The number of benzene rings is 2. The number of nitrogens with zero attached hydrogens (tertiary/aromatic N) is 1. The van der Waals surface area contributed by atoms with E-state index in [1.54, 1.807) is 0 Å². The molecule has 0 saturated heterocycles. The Morgan fingerprint density at radius 2 is 1.92 bits per heavy atom. The van der Waals surface area contributed by atoms with Crippen molar-refractivity contribution in [1.82, 2.24) is 4.98 Å². The van der Waals surface area contributed by atoms with Crippen molar-refractivity contribution in [2.75, 3.05) is 5.32 Å². The molecule has 4 rings (SSSR count). The first-order chi connectivity index (χ1) is 11.7. The molecule has 0 spiro atoms. The summed E-state index contributed by atoms with van der Waals surface area (Å²) in [7, 11) is 0. The highest BCUT2D eigenvalue weighted by Crippen LogP contribution is 2.33. The largest absolute Gasteiger partial charge is 0.480 e. The number of rotatable bonds is 3. The lowest BCUT2D eigenvalue weighted by Gasteiger charge is -2.09. The number of carbonyl (C=O) groups is 1. The monoisotopic (exact) mass is 336 g/mol. The molecule has 1 aliphatic rings. The lowest BCUT2D eigenvalue weighted by molar-refractivity contribution is -0.122. The Balaban J connectivity index is 1.50. The molecule has 24 heavy (non-hydrogen) atoms. The summed E-state index contributed by atoms with van der Waals surface area (Å²) >= 11 is 1.48. The number of ether oxygens (including phenoxy) is 1. The fourth-order valence-corrected chi connectivity index (χ4v) is 3.80. The quantitative estimate of drug-likeness (QED) is 0.785. The highest BCUT2D eigenvalue weighted by Gasteiger charge is 2.29. The second-order valence-corrected chi connectivity index (χ2v) is 6.71. The van der Waals surface area contributed by atoms with E-state index in [9.17, 15) is 4.79 Å². The maximum Gasteiger partial charge on any atom is 0.267 e. The molecule has 1 aromatic heterocycles. The topological polar surface area (TPSA) is 51.2 Å². The first-order valence-corrected chi connectivity index (χ1v) is 8.60. The van der Waals surface area contributed by atoms with E-state index < -0.39 is 6.10 Å². The van der Waals surface area contributed by atoms with Gasteiger partial charge in [-0.05, 0) is 24.1 Å². The molecule has 0 fully saturated rings. The molecule has 1 aliphatic heterocycles. The van der Waals surface area contributed by atoms with Crippen molar-refractivity contribution in [3.8, 4) is 16.2 Å². The summed E-state index contributed by atoms with van der Waals surface area (Å²) in [6, 6.07) is 17.8. The molecule has 0 saturated carbocycles. The van der Waals surface area contributed by atoms with Crippen molar-refractivity contribution in [3.05, 3.63) is 65.9 Å². The van der Waals surface area contributed by atoms with Crippen LogP contribution in [0, 0.1) is 6.92 Å². The van der Waals surface area contributed by atoms with E-state index in [2.05, 4.69) is 10.3 Å². The molecular weight excluding hydrogens is 320 g/mol. The van der Waals surface area contributed by atoms with E-state index in [1.165, 1.54) is 11.3 Å². The highest BCUT2D eigenvalue weighted by molar-refractivity contribution is 7.19. The number of amides is 1. The third-order valence-corrected chi connectivity index (χ3v) is 5.12. The Morgan fingerprint density at radius 1 is 1.17 bits per heavy atom. The zero-order valence-corrected chi connectivity index (χ0v) is 14.0. The van der Waals surface area contributed by atoms with E-state index in [-0.39, 0.29) is 5.91 Å². The maximum atomic E-state index is 12.5. The lowest BCUT2D eigenvalue weighted by atomic mass is 10.1. The maximum absolute atomic E-state index is 12.5. The van der Waals surface area contributed by atoms with Crippen molar-refractivity contribution >= 4 is 22.4 Å². The smallest absolute Gasteiger partial charge is 0.267 e. The van der Waals surface area contributed by atoms with Gasteiger partial charge in [0, 0.05) is 6.42 Å². The fraction of sp³-hybridized carbons (Fsp3) is 0.158. The molecule has 4 nitrogen and oxygen atoms in total. The predicted octanol–water partition coefficient (Wildman–Crippen LogP) is 4.06. The molecule has 2 heterocycles. The van der Waals surface area contributed by atoms with Crippen LogP contribution in [0.25, 0.3) is 10.4 Å². The van der Waals surface area contributed by atoms with Crippen molar-refractivity contribution in [3.63, 3.8) is 0 Å². The number of carbonyl (C=O) groups excluding carboxylic acids is 1. The number of aromatic nitrogens is 1. The lowest BCUT2D eigenvalue weighted by Crippen LogP contribution is -2.31. The van der Waals surface area contributed by atoms with Crippen LogP contribution in [-0.4, -0.2) is 17.0 Å². The third-order valence-electron chi connectivity index (χ3n) is 4.00. The van der Waals surface area contributed by atoms with Crippen molar-refractivity contribution in [1.29, 1.82) is 0 Å². The van der Waals surface area contributed by atoms with Gasteiger partial charge in [0.05, 0.1) is 10.6 Å². The van der Waals surface area contributed by atoms with Crippen LogP contribution in [0.4, 0.5) is 5.13 Å². The minimum absolute atomic E-state index is 0.153. The van der Waals surface area contributed by atoms with Crippen LogP contribution < -0.4 is 10.1 Å². The molecule has 0 bridgehead atoms. The first kappa shape index (κ1) is 14.9. The predicted molar refractivity (Wildman–Crippen MR) is 95.5 cm³/mol. The summed E-state index contributed by atoms with van der Waals surface area (Å²) in [5, 5.41) is 3.50. The normalized spacial score (nSPS) is 15.6. The fourth-order valence-electron chi connectivity index (χ4n) is 2.82. The Hall–Kier alpha value is -2.66. The Morgan fingerprint density at radius 3 is 2.71 bits per heavy atom. The van der Waals surface area contributed by atoms with Gasteiger partial charge in [-0.25, -0.2) is 4.98 Å². The minimum atomic E-state index is -0.494. The minimum Gasteiger partial charge on any atom is -0.480 e. The molecule has 0 aliphatic carbocycles. The average molecular weight is 336 g/mol. The Bertz CT molecular complexity index is 864. The summed E-state index contributed by atoms with van der Waals surface area (Å²) in [5.41, 5.74) is 3.09. The molecule has 1 N–H and O–H groups in total. The van der Waals surface area contributed by atoms with Gasteiger partial charge in [-0.15, -0.1) is 0 Å². The van der Waals surface area contributed by atoms with Gasteiger partial charge >= 0.3 is 0 Å². The second kappa shape index (κ2) is 6.09. The van der Waals surface area contributed by atoms with Gasteiger partial charge in [0.25, 0.3) is 5.91 Å². The summed E-state index contributed by atoms with van der Waals surface area (Å²) in [6.45, 7) is 1.95. The van der Waals surface area contributed by atoms with Gasteiger partial charge in [-0.2, -0.15) is 0 Å². The number of hydrogen-bond donors (Lipinski definition) is 1. The Labute approximate surface area is 144 Å². The number of thiazole rings is 1. The van der Waals surface area contributed by atoms with E-state index in [0.29, 0.717) is 11.6 Å². The average Bonchev–Trinajstić information content (AvgIpc) is 3.19. The van der Waals surface area contributed by atoms with Crippen molar-refractivity contribution in [2.45, 2.75) is 19.4 Å². The standard InChI is InChI=1S/C19H16N2O2S/c1-12-17(13-7-3-2-4-8-13)24-19(20-12)21-18(22)16-11-14-9-5-6-10-15(14)23-16/h2-10,16H,11H2,1H3,(H,20,21,22)/t16-/m1/s1. The van der Waals surface area contributed by atoms with Gasteiger partial charge in [0.2, 0.25) is 0 Å². The summed E-state index contributed by atoms with van der Waals surface area (Å²) in [5.74, 6) is 0.637. The number of nitrogens with one attached hydrogen (secondary N) is 1. The number of hydrogen-bond acceptors (Lipinski definition) is 4. The highest BCUT2D eigenvalue weighted by atomic mass is 32.1. The van der Waals surface area contributed by atoms with Crippen LogP contribution in [0.3, 0.4) is 0 Å². The number of para-hydroxylation sites is 1. The zero-order chi connectivity index (χ0) is 16.5. The SMILES string of the molecule is Cc1nc(NC(=O)[C@H]2Cc3ccccc3O2)sc1-c1ccccc1. The van der Waals surface area contributed by atoms with Crippen LogP contribution in [-0.2, 0) is 11.2 Å². The van der Waals surface area contributed by atoms with E-state index >= 15 is 0 Å². The van der Waals surface area contributed by atoms with Crippen LogP contribution in [0.5, 0.6) is 5.75 Å². The number of anilines is 1. The summed E-state index contributed by atoms with van der Waals surface area (Å²) in [4.78, 5) is 18.0. The van der Waals surface area contributed by atoms with E-state index in [1.807, 2.05) is 61.5 Å². The van der Waals surface area contributed by atoms with Gasteiger partial charge in [0.15, 0.2) is 11.2 Å². The molecule has 3 aromatic rings. The van der Waals surface area contributed by atoms with Gasteiger partial charge in [0.1, 0.15) is 5.75 Å². The van der Waals surface area contributed by atoms with E-state index in [0.717, 1.165) is 27.4 Å². The third kappa shape index (κ3) is 2.78. The van der Waals surface area contributed by atoms with Crippen LogP contribution >= 0.6 is 11.3 Å². The molecule has 5 heteroatoms. The first-order valence-electron chi connectivity index (χ1n) is 7.79. The van der Waals surface area contributed by atoms with Crippen molar-refractivity contribution in [2.24, 2.45) is 0 Å². The van der Waals surface area contributed by atoms with E-state index in [4.69, 9.17) is 4.74 Å². The van der Waals surface area contributed by atoms with Crippen LogP contribution in [0.2, 0.25) is 0 Å². The molecule has 0 radical (unpaired) electrons. The van der Waals surface area contributed by atoms with Crippen LogP contribution in [0.1, 0.15) is 11.3 Å². The number of fused-ring (bicyclic) bond motifs is 1. The molecule has 1 atom stereocenters. The second-order valence-electron chi connectivity index (χ2n) is 5.71. The molecule has 0 unspecified atom stereocenters. The summed E-state index contributed by atoms with van der Waals surface area (Å²) in [6.07, 6.45) is 0.101.